The molecule has 10 heteroatoms. The zero-order valence-corrected chi connectivity index (χ0v) is 36.8. The first-order valence-electron chi connectivity index (χ1n) is 22.5. The molecule has 15 rings (SSSR count). The Kier molecular flexibility index (Phi) is 8.31. The van der Waals surface area contributed by atoms with Crippen LogP contribution >= 0.6 is 0 Å². The largest absolute Gasteiger partial charge is 0.454 e. The zero-order valence-electron chi connectivity index (χ0n) is 36.8. The highest BCUT2D eigenvalue weighted by atomic mass is 16.3. The Morgan fingerprint density at radius 2 is 1.06 bits per heavy atom. The minimum atomic E-state index is 0.281. The van der Waals surface area contributed by atoms with Crippen molar-refractivity contribution in [2.45, 2.75) is 44.7 Å². The lowest BCUT2D eigenvalue weighted by molar-refractivity contribution is 0.664. The highest BCUT2D eigenvalue weighted by molar-refractivity contribution is 6.11. The number of nitrogens with zero attached hydrogens (tertiary/aromatic N) is 9. The summed E-state index contributed by atoms with van der Waals surface area (Å²) in [4.78, 5) is 28.3. The Hall–Kier alpha value is -7.85. The van der Waals surface area contributed by atoms with E-state index in [2.05, 4.69) is 183 Å². The zero-order chi connectivity index (χ0) is 43.5. The van der Waals surface area contributed by atoms with Crippen LogP contribution in [0.2, 0.25) is 0 Å². The topological polar surface area (TPSA) is 71.3 Å². The van der Waals surface area contributed by atoms with Gasteiger partial charge < -0.3 is 28.9 Å². The molecule has 0 aliphatic carbocycles. The summed E-state index contributed by atoms with van der Waals surface area (Å²) in [6, 6.07) is 51.1. The van der Waals surface area contributed by atoms with Crippen molar-refractivity contribution >= 4 is 73.5 Å². The molecule has 5 aromatic carbocycles. The standard InChI is InChI=1S/C20H15N3O.C20H17N3.C15H15N3/c1-22-15-6-4-10-21-20(15)23-17(22)11-12-8-9-14-13-5-2-3-7-16(13)24-19(14)18(12)23;1-22-18-12-11-16(14-7-3-2-4-8-14)21-20(18)23-17-10-6-5-9-15(17)13-19(22)23;1-10-5-6-11-9-14-17(2)12-4-3-7-16-15(12)18(14)13(11)8-10/h2-10,17H,11H2,1H3;2-12,19H,13H2,1H3;3-8,14H,9H2,1-2H3. The Balaban J connectivity index is 0.0000000988. The van der Waals surface area contributed by atoms with E-state index in [1.807, 2.05) is 42.7 Å². The van der Waals surface area contributed by atoms with Gasteiger partial charge in [0.2, 0.25) is 0 Å². The van der Waals surface area contributed by atoms with E-state index in [1.54, 1.807) is 0 Å². The van der Waals surface area contributed by atoms with Gasteiger partial charge >= 0.3 is 0 Å². The molecule has 318 valence electrons. The highest BCUT2D eigenvalue weighted by Gasteiger charge is 2.45. The van der Waals surface area contributed by atoms with Crippen LogP contribution in [0.3, 0.4) is 0 Å². The summed E-state index contributed by atoms with van der Waals surface area (Å²) in [5.41, 5.74) is 17.0. The van der Waals surface area contributed by atoms with Gasteiger partial charge in [0.25, 0.3) is 0 Å². The number of furan rings is 1. The monoisotopic (exact) mass is 849 g/mol. The molecule has 4 aromatic heterocycles. The molecular weight excluding hydrogens is 803 g/mol. The van der Waals surface area contributed by atoms with Crippen LogP contribution in [0.5, 0.6) is 0 Å². The van der Waals surface area contributed by atoms with Crippen molar-refractivity contribution in [1.29, 1.82) is 0 Å². The average Bonchev–Trinajstić information content (AvgIpc) is 4.22. The van der Waals surface area contributed by atoms with Gasteiger partial charge in [0.1, 0.15) is 24.1 Å². The summed E-state index contributed by atoms with van der Waals surface area (Å²) < 4.78 is 6.27. The second kappa shape index (κ2) is 14.3. The highest BCUT2D eigenvalue weighted by Crippen LogP contribution is 2.53. The summed E-state index contributed by atoms with van der Waals surface area (Å²) in [5, 5.41) is 2.35. The number of hydrogen-bond donors (Lipinski definition) is 0. The Bertz CT molecular complexity index is 3350. The van der Waals surface area contributed by atoms with Gasteiger partial charge in [0, 0.05) is 80.5 Å². The number of anilines is 9. The molecule has 9 aromatic rings. The van der Waals surface area contributed by atoms with Crippen LogP contribution < -0.4 is 29.4 Å². The van der Waals surface area contributed by atoms with E-state index in [-0.39, 0.29) is 6.17 Å². The van der Waals surface area contributed by atoms with E-state index in [0.29, 0.717) is 12.3 Å². The Labute approximate surface area is 378 Å². The van der Waals surface area contributed by atoms with Crippen molar-refractivity contribution in [3.63, 3.8) is 0 Å². The van der Waals surface area contributed by atoms with Crippen molar-refractivity contribution in [1.82, 2.24) is 15.0 Å². The third-order valence-corrected chi connectivity index (χ3v) is 14.3. The second-order valence-electron chi connectivity index (χ2n) is 17.9. The smallest absolute Gasteiger partial charge is 0.159 e. The lowest BCUT2D eigenvalue weighted by atomic mass is 10.1. The molecule has 3 atom stereocenters. The van der Waals surface area contributed by atoms with E-state index < -0.39 is 0 Å². The fourth-order valence-electron chi connectivity index (χ4n) is 11.1. The summed E-state index contributed by atoms with van der Waals surface area (Å²) >= 11 is 0. The SMILES string of the molecule is CN1c2ccc(-c3ccccc3)nc2N2c3ccccc3CC12.CN1c2cccnc2N2c3c(ccc4c3oc3ccccc34)CC12.Cc1ccc2c(c1)N1c3ncccc3N(C)C1C2. The number of likely N-dealkylation sites (N-methyl/N-ethyl adjacent to an activating group) is 3. The van der Waals surface area contributed by atoms with Crippen molar-refractivity contribution in [2.24, 2.45) is 0 Å². The van der Waals surface area contributed by atoms with Crippen LogP contribution in [0.4, 0.5) is 51.6 Å². The molecule has 65 heavy (non-hydrogen) atoms. The maximum Gasteiger partial charge on any atom is 0.159 e. The summed E-state index contributed by atoms with van der Waals surface area (Å²) in [5.74, 6) is 3.19. The molecule has 0 saturated carbocycles. The first kappa shape index (κ1) is 37.7. The first-order chi connectivity index (χ1) is 31.9. The molecule has 0 N–H and O–H groups in total. The molecule has 0 bridgehead atoms. The number of hydrogen-bond acceptors (Lipinski definition) is 10. The van der Waals surface area contributed by atoms with Gasteiger partial charge in [-0.25, -0.2) is 15.0 Å². The molecule has 10 heterocycles. The van der Waals surface area contributed by atoms with E-state index in [9.17, 15) is 0 Å². The van der Waals surface area contributed by atoms with Crippen LogP contribution in [0.25, 0.3) is 33.2 Å². The lowest BCUT2D eigenvalue weighted by Crippen LogP contribution is -2.36. The molecule has 0 radical (unpaired) electrons. The minimum absolute atomic E-state index is 0.281. The third-order valence-electron chi connectivity index (χ3n) is 14.3. The number of aryl methyl sites for hydroxylation is 1. The summed E-state index contributed by atoms with van der Waals surface area (Å²) in [6.45, 7) is 2.15. The third kappa shape index (κ3) is 5.62. The fourth-order valence-corrected chi connectivity index (χ4v) is 11.1. The van der Waals surface area contributed by atoms with E-state index >= 15 is 0 Å². The lowest BCUT2D eigenvalue weighted by Gasteiger charge is -2.23. The molecule has 6 aliphatic rings. The predicted octanol–water partition coefficient (Wildman–Crippen LogP) is 11.5. The molecule has 0 saturated heterocycles. The number of para-hydroxylation sites is 2. The molecule has 3 unspecified atom stereocenters. The van der Waals surface area contributed by atoms with E-state index in [4.69, 9.17) is 9.40 Å². The quantitative estimate of drug-likeness (QED) is 0.159. The van der Waals surface area contributed by atoms with Crippen molar-refractivity contribution in [2.75, 3.05) is 50.5 Å². The second-order valence-corrected chi connectivity index (χ2v) is 17.9. The van der Waals surface area contributed by atoms with Crippen molar-refractivity contribution < 1.29 is 4.42 Å². The summed E-state index contributed by atoms with van der Waals surface area (Å²) in [7, 11) is 6.47. The van der Waals surface area contributed by atoms with E-state index in [0.717, 1.165) is 59.1 Å². The van der Waals surface area contributed by atoms with Crippen LogP contribution in [0, 0.1) is 6.92 Å². The van der Waals surface area contributed by atoms with Crippen molar-refractivity contribution in [3.05, 3.63) is 180 Å². The normalized spacial score (nSPS) is 18.6. The Morgan fingerprint density at radius 1 is 0.477 bits per heavy atom. The van der Waals surface area contributed by atoms with Gasteiger partial charge in [0.15, 0.2) is 23.0 Å². The van der Waals surface area contributed by atoms with Gasteiger partial charge in [-0.2, -0.15) is 0 Å². The van der Waals surface area contributed by atoms with Gasteiger partial charge in [0.05, 0.1) is 28.4 Å². The van der Waals surface area contributed by atoms with Gasteiger partial charge in [-0.1, -0.05) is 91.0 Å². The van der Waals surface area contributed by atoms with E-state index in [1.165, 1.54) is 67.2 Å². The number of rotatable bonds is 1. The maximum atomic E-state index is 6.27. The van der Waals surface area contributed by atoms with Crippen LogP contribution in [-0.2, 0) is 19.3 Å². The van der Waals surface area contributed by atoms with Crippen LogP contribution in [0.1, 0.15) is 22.3 Å². The number of aromatic nitrogens is 3. The van der Waals surface area contributed by atoms with Crippen LogP contribution in [-0.4, -0.2) is 54.6 Å². The molecular formula is C55H47N9O. The van der Waals surface area contributed by atoms with Gasteiger partial charge in [-0.05, 0) is 83.8 Å². The molecule has 0 spiro atoms. The molecule has 6 aliphatic heterocycles. The number of fused-ring (bicyclic) bond motifs is 19. The Morgan fingerprint density at radius 3 is 1.83 bits per heavy atom. The van der Waals surface area contributed by atoms with Gasteiger partial charge in [-0.3, -0.25) is 4.90 Å². The number of pyridine rings is 3. The molecule has 0 amide bonds. The fraction of sp³-hybridized carbons (Fsp3) is 0.182. The van der Waals surface area contributed by atoms with Crippen LogP contribution in [0.15, 0.2) is 162 Å². The minimum Gasteiger partial charge on any atom is -0.454 e. The number of benzene rings is 5. The molecule has 10 nitrogen and oxygen atoms in total. The maximum absolute atomic E-state index is 6.27. The average molecular weight is 850 g/mol. The molecule has 0 fully saturated rings. The van der Waals surface area contributed by atoms with Crippen molar-refractivity contribution in [3.8, 4) is 11.3 Å². The predicted molar refractivity (Wildman–Crippen MR) is 264 cm³/mol. The first-order valence-corrected chi connectivity index (χ1v) is 22.5. The summed E-state index contributed by atoms with van der Waals surface area (Å²) in [6.07, 6.45) is 7.87. The van der Waals surface area contributed by atoms with Gasteiger partial charge in [-0.15, -0.1) is 0 Å².